The van der Waals surface area contributed by atoms with Crippen molar-refractivity contribution >= 4 is 21.7 Å². The summed E-state index contributed by atoms with van der Waals surface area (Å²) in [7, 11) is -3.22. The summed E-state index contributed by atoms with van der Waals surface area (Å²) in [4.78, 5) is 12.1. The monoisotopic (exact) mass is 387 g/mol. The van der Waals surface area contributed by atoms with Gasteiger partial charge in [0.15, 0.2) is 0 Å². The molecule has 0 saturated heterocycles. The molecule has 0 radical (unpaired) electrons. The number of sulfonamides is 1. The molecule has 144 valence electrons. The number of amides is 2. The number of carbonyl (C=O) groups is 1. The van der Waals surface area contributed by atoms with Crippen molar-refractivity contribution in [3.05, 3.63) is 65.2 Å². The molecule has 2 amide bonds. The normalized spacial score (nSPS) is 14.4. The number of nitrogens with one attached hydrogen (secondary N) is 2. The van der Waals surface area contributed by atoms with Crippen LogP contribution in [0.15, 0.2) is 48.5 Å². The number of carbonyl (C=O) groups excluding carboxylic acids is 1. The van der Waals surface area contributed by atoms with E-state index in [-0.39, 0.29) is 11.8 Å². The van der Waals surface area contributed by atoms with E-state index < -0.39 is 10.0 Å². The number of anilines is 1. The first-order valence-electron chi connectivity index (χ1n) is 9.16. The summed E-state index contributed by atoms with van der Waals surface area (Å²) < 4.78 is 26.2. The third-order valence-electron chi connectivity index (χ3n) is 4.59. The zero-order chi connectivity index (χ0) is 19.3. The van der Waals surface area contributed by atoms with Gasteiger partial charge in [0.2, 0.25) is 10.0 Å². The van der Waals surface area contributed by atoms with E-state index in [1.807, 2.05) is 55.5 Å². The van der Waals surface area contributed by atoms with E-state index in [0.717, 1.165) is 16.7 Å². The Morgan fingerprint density at radius 3 is 2.63 bits per heavy atom. The summed E-state index contributed by atoms with van der Waals surface area (Å²) in [6, 6.07) is 15.1. The maximum Gasteiger partial charge on any atom is 0.319 e. The molecule has 0 saturated carbocycles. The number of hydrogen-bond donors (Lipinski definition) is 2. The molecule has 0 atom stereocenters. The number of nitrogens with zero attached hydrogens (tertiary/aromatic N) is 1. The molecule has 1 aliphatic rings. The summed E-state index contributed by atoms with van der Waals surface area (Å²) in [6.45, 7) is 3.19. The molecule has 0 fully saturated rings. The molecule has 3 rings (SSSR count). The second-order valence-electron chi connectivity index (χ2n) is 6.68. The third kappa shape index (κ3) is 5.08. The van der Waals surface area contributed by atoms with Gasteiger partial charge in [-0.15, -0.1) is 0 Å². The van der Waals surface area contributed by atoms with Gasteiger partial charge in [-0.25, -0.2) is 13.2 Å². The number of rotatable bonds is 6. The largest absolute Gasteiger partial charge is 0.334 e. The molecule has 1 aliphatic heterocycles. The van der Waals surface area contributed by atoms with Crippen molar-refractivity contribution in [3.8, 4) is 0 Å². The highest BCUT2D eigenvalue weighted by molar-refractivity contribution is 7.89. The molecule has 0 spiro atoms. The maximum absolute atomic E-state index is 12.3. The lowest BCUT2D eigenvalue weighted by atomic mass is 10.0. The smallest absolute Gasteiger partial charge is 0.319 e. The lowest BCUT2D eigenvalue weighted by Gasteiger charge is -2.28. The average Bonchev–Trinajstić information content (AvgIpc) is 2.66. The standard InChI is InChI=1S/C20H25N3O3S/c1-2-12-27(25,26)23-11-10-17-8-9-19(13-18(17)15-23)22-20(24)21-14-16-6-4-3-5-7-16/h3-9,13H,2,10-12,14-15H2,1H3,(H2,21,22,24). The number of hydrogen-bond acceptors (Lipinski definition) is 3. The lowest BCUT2D eigenvalue weighted by molar-refractivity contribution is 0.251. The first kappa shape index (κ1) is 19.4. The van der Waals surface area contributed by atoms with E-state index in [9.17, 15) is 13.2 Å². The van der Waals surface area contributed by atoms with Crippen LogP contribution in [0, 0.1) is 0 Å². The summed E-state index contributed by atoms with van der Waals surface area (Å²) in [6.07, 6.45) is 1.30. The summed E-state index contributed by atoms with van der Waals surface area (Å²) >= 11 is 0. The Bertz CT molecular complexity index is 898. The van der Waals surface area contributed by atoms with Crippen LogP contribution in [0.1, 0.15) is 30.0 Å². The van der Waals surface area contributed by atoms with E-state index in [4.69, 9.17) is 0 Å². The van der Waals surface area contributed by atoms with Gasteiger partial charge in [0.05, 0.1) is 5.75 Å². The van der Waals surface area contributed by atoms with Crippen LogP contribution in [0.5, 0.6) is 0 Å². The zero-order valence-electron chi connectivity index (χ0n) is 15.4. The minimum Gasteiger partial charge on any atom is -0.334 e. The topological polar surface area (TPSA) is 78.5 Å². The quantitative estimate of drug-likeness (QED) is 0.799. The molecule has 0 aliphatic carbocycles. The lowest BCUT2D eigenvalue weighted by Crippen LogP contribution is -2.37. The Morgan fingerprint density at radius 2 is 1.89 bits per heavy atom. The van der Waals surface area contributed by atoms with Crippen LogP contribution in [-0.2, 0) is 29.5 Å². The van der Waals surface area contributed by atoms with Crippen LogP contribution in [0.25, 0.3) is 0 Å². The first-order chi connectivity index (χ1) is 13.0. The molecule has 0 bridgehead atoms. The van der Waals surface area contributed by atoms with Gasteiger partial charge in [0.25, 0.3) is 0 Å². The molecule has 6 nitrogen and oxygen atoms in total. The SMILES string of the molecule is CCCS(=O)(=O)N1CCc2ccc(NC(=O)NCc3ccccc3)cc2C1. The fourth-order valence-electron chi connectivity index (χ4n) is 3.19. The minimum absolute atomic E-state index is 0.169. The molecule has 27 heavy (non-hydrogen) atoms. The Labute approximate surface area is 160 Å². The van der Waals surface area contributed by atoms with E-state index in [1.165, 1.54) is 4.31 Å². The van der Waals surface area contributed by atoms with Crippen molar-refractivity contribution in [2.24, 2.45) is 0 Å². The Hall–Kier alpha value is -2.38. The summed E-state index contributed by atoms with van der Waals surface area (Å²) in [5, 5.41) is 5.64. The predicted octanol–water partition coefficient (Wildman–Crippen LogP) is 3.11. The molecule has 2 aromatic rings. The van der Waals surface area contributed by atoms with Gasteiger partial charge in [-0.1, -0.05) is 43.3 Å². The van der Waals surface area contributed by atoms with Crippen molar-refractivity contribution in [2.75, 3.05) is 17.6 Å². The molecular formula is C20H25N3O3S. The minimum atomic E-state index is -3.22. The van der Waals surface area contributed by atoms with Gasteiger partial charge in [-0.2, -0.15) is 4.31 Å². The van der Waals surface area contributed by atoms with Crippen LogP contribution in [-0.4, -0.2) is 31.1 Å². The fraction of sp³-hybridized carbons (Fsp3) is 0.350. The first-order valence-corrected chi connectivity index (χ1v) is 10.8. The number of urea groups is 1. The Kier molecular flexibility index (Phi) is 6.13. The van der Waals surface area contributed by atoms with Gasteiger partial charge in [-0.05, 0) is 41.7 Å². The molecule has 0 aromatic heterocycles. The highest BCUT2D eigenvalue weighted by atomic mass is 32.2. The van der Waals surface area contributed by atoms with Crippen LogP contribution in [0.3, 0.4) is 0 Å². The molecule has 1 heterocycles. The fourth-order valence-corrected chi connectivity index (χ4v) is 4.67. The third-order valence-corrected chi connectivity index (χ3v) is 6.62. The highest BCUT2D eigenvalue weighted by Crippen LogP contribution is 2.24. The molecule has 0 unspecified atom stereocenters. The van der Waals surface area contributed by atoms with E-state index >= 15 is 0 Å². The Morgan fingerprint density at radius 1 is 1.11 bits per heavy atom. The second-order valence-corrected chi connectivity index (χ2v) is 8.76. The van der Waals surface area contributed by atoms with Gasteiger partial charge in [-0.3, -0.25) is 0 Å². The predicted molar refractivity (Wildman–Crippen MR) is 107 cm³/mol. The van der Waals surface area contributed by atoms with Gasteiger partial charge < -0.3 is 10.6 Å². The van der Waals surface area contributed by atoms with Crippen molar-refractivity contribution in [2.45, 2.75) is 32.9 Å². The van der Waals surface area contributed by atoms with Crippen molar-refractivity contribution in [1.82, 2.24) is 9.62 Å². The summed E-state index contributed by atoms with van der Waals surface area (Å²) in [5.41, 5.74) is 3.76. The van der Waals surface area contributed by atoms with Crippen LogP contribution < -0.4 is 10.6 Å². The second kappa shape index (κ2) is 8.54. The van der Waals surface area contributed by atoms with Crippen LogP contribution in [0.4, 0.5) is 10.5 Å². The Balaban J connectivity index is 1.63. The summed E-state index contributed by atoms with van der Waals surface area (Å²) in [5.74, 6) is 0.169. The molecule has 7 heteroatoms. The van der Waals surface area contributed by atoms with Crippen molar-refractivity contribution in [3.63, 3.8) is 0 Å². The zero-order valence-corrected chi connectivity index (χ0v) is 16.3. The van der Waals surface area contributed by atoms with E-state index in [1.54, 1.807) is 0 Å². The van der Waals surface area contributed by atoms with Crippen molar-refractivity contribution in [1.29, 1.82) is 0 Å². The van der Waals surface area contributed by atoms with Gasteiger partial charge >= 0.3 is 6.03 Å². The number of fused-ring (bicyclic) bond motifs is 1. The van der Waals surface area contributed by atoms with E-state index in [0.29, 0.717) is 38.2 Å². The van der Waals surface area contributed by atoms with Crippen LogP contribution in [0.2, 0.25) is 0 Å². The van der Waals surface area contributed by atoms with E-state index in [2.05, 4.69) is 10.6 Å². The molecular weight excluding hydrogens is 362 g/mol. The average molecular weight is 388 g/mol. The molecule has 2 aromatic carbocycles. The maximum atomic E-state index is 12.3. The van der Waals surface area contributed by atoms with Crippen LogP contribution >= 0.6 is 0 Å². The van der Waals surface area contributed by atoms with Gasteiger partial charge in [0.1, 0.15) is 0 Å². The number of benzene rings is 2. The van der Waals surface area contributed by atoms with Crippen molar-refractivity contribution < 1.29 is 13.2 Å². The van der Waals surface area contributed by atoms with Gasteiger partial charge in [0, 0.05) is 25.3 Å². The molecule has 2 N–H and O–H groups in total. The highest BCUT2D eigenvalue weighted by Gasteiger charge is 2.26.